The molecule has 4 nitrogen and oxygen atoms in total. The molecule has 0 aromatic carbocycles. The molecule has 122 valence electrons. The van der Waals surface area contributed by atoms with Gasteiger partial charge in [0.2, 0.25) is 0 Å². The lowest BCUT2D eigenvalue weighted by Crippen LogP contribution is -2.34. The van der Waals surface area contributed by atoms with Gasteiger partial charge in [0.05, 0.1) is 15.9 Å². The molecule has 0 amide bonds. The first-order valence-electron chi connectivity index (χ1n) is 7.18. The van der Waals surface area contributed by atoms with Crippen molar-refractivity contribution in [3.8, 4) is 0 Å². The first-order chi connectivity index (χ1) is 11.5. The lowest BCUT2D eigenvalue weighted by molar-refractivity contribution is 0.422. The molecule has 2 N–H and O–H groups in total. The van der Waals surface area contributed by atoms with Crippen LogP contribution in [0.25, 0.3) is 12.2 Å². The van der Waals surface area contributed by atoms with Gasteiger partial charge in [-0.2, -0.15) is 0 Å². The molecule has 2 heterocycles. The van der Waals surface area contributed by atoms with Crippen LogP contribution in [0.15, 0.2) is 29.0 Å². The van der Waals surface area contributed by atoms with Crippen molar-refractivity contribution in [2.45, 2.75) is 12.8 Å². The molecule has 0 spiro atoms. The summed E-state index contributed by atoms with van der Waals surface area (Å²) in [5, 5.41) is 17.6. The minimum Gasteiger partial charge on any atom is -0.423 e. The van der Waals surface area contributed by atoms with E-state index in [1.807, 2.05) is 6.08 Å². The van der Waals surface area contributed by atoms with E-state index >= 15 is 0 Å². The third-order valence-electron chi connectivity index (χ3n) is 3.72. The molecule has 0 atom stereocenters. The first kappa shape index (κ1) is 16.9. The van der Waals surface area contributed by atoms with Crippen molar-refractivity contribution < 1.29 is 18.8 Å². The van der Waals surface area contributed by atoms with Gasteiger partial charge in [0, 0.05) is 41.8 Å². The van der Waals surface area contributed by atoms with Gasteiger partial charge in [-0.05, 0) is 15.9 Å². The molecule has 2 aliphatic carbocycles. The van der Waals surface area contributed by atoms with Crippen LogP contribution in [-0.4, -0.2) is 27.1 Å². The highest BCUT2D eigenvalue weighted by atomic mass is 79.9. The van der Waals surface area contributed by atoms with Gasteiger partial charge < -0.3 is 10.0 Å². The Labute approximate surface area is 145 Å². The smallest absolute Gasteiger partial charge is 0.423 e. The Morgan fingerprint density at radius 1 is 0.917 bits per heavy atom. The Bertz CT molecular complexity index is 856. The topological polar surface area (TPSA) is 66.2 Å². The Kier molecular flexibility index (Phi) is 4.89. The summed E-state index contributed by atoms with van der Waals surface area (Å²) in [6.07, 6.45) is 11.1. The highest BCUT2D eigenvalue weighted by Crippen LogP contribution is 2.25. The number of halogens is 3. The fraction of sp³-hybridized carbons (Fsp3) is 0.125. The second-order valence-electron chi connectivity index (χ2n) is 5.26. The maximum Gasteiger partial charge on any atom is 0.493 e. The summed E-state index contributed by atoms with van der Waals surface area (Å²) >= 11 is 3.08. The van der Waals surface area contributed by atoms with Crippen molar-refractivity contribution in [2.75, 3.05) is 0 Å². The largest absolute Gasteiger partial charge is 0.493 e. The fourth-order valence-corrected chi connectivity index (χ4v) is 2.81. The molecule has 0 aliphatic heterocycles. The first-order valence-corrected chi connectivity index (χ1v) is 7.97. The summed E-state index contributed by atoms with van der Waals surface area (Å²) < 4.78 is 27.0. The van der Waals surface area contributed by atoms with Crippen LogP contribution in [0.4, 0.5) is 8.78 Å². The van der Waals surface area contributed by atoms with E-state index in [2.05, 4.69) is 25.9 Å². The molecule has 0 saturated carbocycles. The Hall–Kier alpha value is -1.90. The number of nitrogens with zero attached hydrogens (tertiary/aromatic N) is 2. The van der Waals surface area contributed by atoms with Gasteiger partial charge in [0.1, 0.15) is 11.6 Å². The number of rotatable bonds is 1. The van der Waals surface area contributed by atoms with E-state index in [-0.39, 0.29) is 11.3 Å². The van der Waals surface area contributed by atoms with E-state index in [0.29, 0.717) is 27.7 Å². The molecule has 2 aromatic rings. The number of aromatic nitrogens is 2. The Morgan fingerprint density at radius 2 is 1.46 bits per heavy atom. The summed E-state index contributed by atoms with van der Waals surface area (Å²) in [6, 6.07) is 0. The monoisotopic (exact) mass is 392 g/mol. The van der Waals surface area contributed by atoms with Gasteiger partial charge in [0.15, 0.2) is 0 Å². The molecular formula is C16H12BBrF2N2O2. The highest BCUT2D eigenvalue weighted by Gasteiger charge is 2.22. The van der Waals surface area contributed by atoms with Crippen LogP contribution in [0.2, 0.25) is 0 Å². The number of hydrogen-bond donors (Lipinski definition) is 2. The van der Waals surface area contributed by atoms with Crippen LogP contribution in [-0.2, 0) is 12.8 Å². The van der Waals surface area contributed by atoms with Crippen LogP contribution in [0.1, 0.15) is 22.5 Å². The average molecular weight is 393 g/mol. The second kappa shape index (κ2) is 6.92. The average Bonchev–Trinajstić information content (AvgIpc) is 3.21. The van der Waals surface area contributed by atoms with Gasteiger partial charge >= 0.3 is 7.12 Å². The predicted molar refractivity (Wildman–Crippen MR) is 91.4 cm³/mol. The van der Waals surface area contributed by atoms with Crippen molar-refractivity contribution in [1.29, 1.82) is 0 Å². The third-order valence-corrected chi connectivity index (χ3v) is 4.27. The summed E-state index contributed by atoms with van der Waals surface area (Å²) in [5.41, 5.74) is 2.28. The van der Waals surface area contributed by atoms with E-state index in [9.17, 15) is 8.78 Å². The van der Waals surface area contributed by atoms with Crippen molar-refractivity contribution in [3.63, 3.8) is 0 Å². The van der Waals surface area contributed by atoms with Gasteiger partial charge in [-0.15, -0.1) is 0 Å². The number of pyridine rings is 2. The van der Waals surface area contributed by atoms with Crippen molar-refractivity contribution in [2.24, 2.45) is 0 Å². The highest BCUT2D eigenvalue weighted by molar-refractivity contribution is 9.10. The fourth-order valence-electron chi connectivity index (χ4n) is 2.49. The SMILES string of the molecule is Fc1c(Br)cnc2c1C=CC2.OB(O)c1cnc2c(c1F)C=CC2. The van der Waals surface area contributed by atoms with E-state index in [4.69, 9.17) is 10.0 Å². The minimum absolute atomic E-state index is 0.176. The zero-order chi connectivity index (χ0) is 17.3. The van der Waals surface area contributed by atoms with E-state index in [1.54, 1.807) is 18.2 Å². The van der Waals surface area contributed by atoms with Gasteiger partial charge in [0.25, 0.3) is 0 Å². The maximum atomic E-state index is 13.4. The minimum atomic E-state index is -1.80. The zero-order valence-electron chi connectivity index (χ0n) is 12.4. The summed E-state index contributed by atoms with van der Waals surface area (Å²) in [7, 11) is -1.80. The number of allylic oxidation sites excluding steroid dienone is 2. The molecule has 0 radical (unpaired) electrons. The van der Waals surface area contributed by atoms with Crippen LogP contribution in [0, 0.1) is 11.6 Å². The van der Waals surface area contributed by atoms with Crippen molar-refractivity contribution >= 4 is 40.7 Å². The van der Waals surface area contributed by atoms with Gasteiger partial charge in [-0.3, -0.25) is 9.97 Å². The van der Waals surface area contributed by atoms with Crippen molar-refractivity contribution in [3.05, 3.63) is 63.2 Å². The zero-order valence-corrected chi connectivity index (χ0v) is 14.0. The quantitative estimate of drug-likeness (QED) is 0.728. The van der Waals surface area contributed by atoms with Crippen molar-refractivity contribution in [1.82, 2.24) is 9.97 Å². The van der Waals surface area contributed by atoms with Gasteiger partial charge in [-0.1, -0.05) is 24.3 Å². The van der Waals surface area contributed by atoms with Crippen LogP contribution in [0.5, 0.6) is 0 Å². The molecular weight excluding hydrogens is 381 g/mol. The summed E-state index contributed by atoms with van der Waals surface area (Å²) in [4.78, 5) is 7.99. The van der Waals surface area contributed by atoms with Crippen LogP contribution in [0.3, 0.4) is 0 Å². The number of hydrogen-bond acceptors (Lipinski definition) is 4. The lowest BCUT2D eigenvalue weighted by Gasteiger charge is -2.04. The third kappa shape index (κ3) is 3.17. The normalized spacial score (nSPS) is 13.4. The molecule has 2 aromatic heterocycles. The molecule has 24 heavy (non-hydrogen) atoms. The Balaban J connectivity index is 0.000000143. The molecule has 0 bridgehead atoms. The summed E-state index contributed by atoms with van der Waals surface area (Å²) in [6.45, 7) is 0. The summed E-state index contributed by atoms with van der Waals surface area (Å²) in [5.74, 6) is -0.794. The van der Waals surface area contributed by atoms with Crippen LogP contribution < -0.4 is 5.46 Å². The molecule has 0 unspecified atom stereocenters. The molecule has 8 heteroatoms. The Morgan fingerprint density at radius 3 is 2.04 bits per heavy atom. The molecule has 4 rings (SSSR count). The van der Waals surface area contributed by atoms with E-state index in [0.717, 1.165) is 18.3 Å². The van der Waals surface area contributed by atoms with E-state index in [1.165, 1.54) is 6.20 Å². The molecule has 2 aliphatic rings. The molecule has 0 saturated heterocycles. The van der Waals surface area contributed by atoms with E-state index < -0.39 is 12.9 Å². The maximum absolute atomic E-state index is 13.4. The van der Waals surface area contributed by atoms with Crippen LogP contribution >= 0.6 is 15.9 Å². The predicted octanol–water partition coefficient (Wildman–Crippen LogP) is 2.02. The lowest BCUT2D eigenvalue weighted by atomic mass is 9.80. The molecule has 0 fully saturated rings. The second-order valence-corrected chi connectivity index (χ2v) is 6.11. The standard InChI is InChI=1S/C8H7BFNO2.C8H5BrFN/c10-8-5-2-1-3-7(5)11-4-6(8)9(12)13;9-6-4-11-7-3-1-2-5(7)8(6)10/h1-2,4,12-13H,3H2;1-2,4H,3H2. The van der Waals surface area contributed by atoms with Gasteiger partial charge in [-0.25, -0.2) is 8.78 Å². The number of fused-ring (bicyclic) bond motifs is 2.